The standard InChI is InChI=1S/C22H20N4O2.ClH/c1-14(27)25-19-10-6-12-24-20(19)13-18(23)15-7-2-3-8-16(15)22-17-9-4-5-11-21(17)28-26-22;/h2-12,18H,13,23H2,1H3,(H,25,27);1H. The number of nitrogens with one attached hydrogen (secondary N) is 1. The Morgan fingerprint density at radius 1 is 1.10 bits per heavy atom. The molecule has 4 aromatic rings. The number of carbonyl (C=O) groups is 1. The van der Waals surface area contributed by atoms with Crippen LogP contribution < -0.4 is 11.1 Å². The topological polar surface area (TPSA) is 94.0 Å². The third kappa shape index (κ3) is 4.29. The maximum Gasteiger partial charge on any atom is 0.221 e. The van der Waals surface area contributed by atoms with Gasteiger partial charge in [-0.3, -0.25) is 9.78 Å². The van der Waals surface area contributed by atoms with Crippen molar-refractivity contribution in [3.8, 4) is 11.3 Å². The van der Waals surface area contributed by atoms with Gasteiger partial charge in [0.05, 0.1) is 11.4 Å². The van der Waals surface area contributed by atoms with E-state index >= 15 is 0 Å². The number of hydrogen-bond donors (Lipinski definition) is 2. The Labute approximate surface area is 174 Å². The van der Waals surface area contributed by atoms with Gasteiger partial charge >= 0.3 is 0 Å². The van der Waals surface area contributed by atoms with Crippen LogP contribution in [0.5, 0.6) is 0 Å². The molecule has 6 nitrogen and oxygen atoms in total. The molecule has 0 saturated heterocycles. The zero-order chi connectivity index (χ0) is 19.5. The first kappa shape index (κ1) is 20.5. The van der Waals surface area contributed by atoms with Crippen LogP contribution in [-0.4, -0.2) is 16.0 Å². The van der Waals surface area contributed by atoms with Crippen LogP contribution >= 0.6 is 12.4 Å². The van der Waals surface area contributed by atoms with Crippen LogP contribution in [0.3, 0.4) is 0 Å². The number of benzene rings is 2. The third-order valence-corrected chi connectivity index (χ3v) is 4.61. The van der Waals surface area contributed by atoms with Crippen molar-refractivity contribution < 1.29 is 9.32 Å². The van der Waals surface area contributed by atoms with Gasteiger partial charge in [0.2, 0.25) is 5.91 Å². The molecule has 2 aromatic heterocycles. The van der Waals surface area contributed by atoms with Gasteiger partial charge < -0.3 is 15.6 Å². The lowest BCUT2D eigenvalue weighted by Gasteiger charge is -2.17. The summed E-state index contributed by atoms with van der Waals surface area (Å²) in [6.07, 6.45) is 2.17. The van der Waals surface area contributed by atoms with Gasteiger partial charge in [0.1, 0.15) is 5.69 Å². The predicted octanol–water partition coefficient (Wildman–Crippen LogP) is 4.51. The minimum atomic E-state index is -0.325. The first-order valence-electron chi connectivity index (χ1n) is 9.04. The summed E-state index contributed by atoms with van der Waals surface area (Å²) in [5.41, 5.74) is 11.4. The number of hydrogen-bond acceptors (Lipinski definition) is 5. The maximum atomic E-state index is 11.5. The number of amides is 1. The van der Waals surface area contributed by atoms with E-state index < -0.39 is 0 Å². The van der Waals surface area contributed by atoms with Crippen molar-refractivity contribution in [3.63, 3.8) is 0 Å². The van der Waals surface area contributed by atoms with Crippen molar-refractivity contribution in [2.45, 2.75) is 19.4 Å². The maximum absolute atomic E-state index is 11.5. The number of nitrogens with zero attached hydrogens (tertiary/aromatic N) is 2. The number of fused-ring (bicyclic) bond motifs is 1. The lowest BCUT2D eigenvalue weighted by atomic mass is 9.94. The second kappa shape index (κ2) is 8.86. The summed E-state index contributed by atoms with van der Waals surface area (Å²) >= 11 is 0. The highest BCUT2D eigenvalue weighted by molar-refractivity contribution is 5.92. The second-order valence-corrected chi connectivity index (χ2v) is 6.60. The van der Waals surface area contributed by atoms with E-state index in [0.29, 0.717) is 12.1 Å². The molecule has 0 radical (unpaired) electrons. The molecule has 7 heteroatoms. The molecule has 1 amide bonds. The molecule has 0 fully saturated rings. The zero-order valence-electron chi connectivity index (χ0n) is 15.8. The largest absolute Gasteiger partial charge is 0.356 e. The van der Waals surface area contributed by atoms with Crippen molar-refractivity contribution in [2.24, 2.45) is 5.73 Å². The molecule has 0 spiro atoms. The molecule has 0 aliphatic carbocycles. The van der Waals surface area contributed by atoms with E-state index in [1.54, 1.807) is 12.3 Å². The van der Waals surface area contributed by atoms with Crippen molar-refractivity contribution in [3.05, 3.63) is 78.1 Å². The van der Waals surface area contributed by atoms with Crippen LogP contribution in [0, 0.1) is 0 Å². The minimum absolute atomic E-state index is 0. The van der Waals surface area contributed by atoms with Crippen LogP contribution in [-0.2, 0) is 11.2 Å². The number of rotatable bonds is 5. The Bertz CT molecular complexity index is 1140. The highest BCUT2D eigenvalue weighted by Gasteiger charge is 2.19. The Hall–Kier alpha value is -3.22. The normalized spacial score (nSPS) is 11.7. The monoisotopic (exact) mass is 408 g/mol. The van der Waals surface area contributed by atoms with Gasteiger partial charge in [0.25, 0.3) is 0 Å². The molecular weight excluding hydrogens is 388 g/mol. The number of aromatic nitrogens is 2. The number of nitrogens with two attached hydrogens (primary N) is 1. The molecule has 29 heavy (non-hydrogen) atoms. The second-order valence-electron chi connectivity index (χ2n) is 6.60. The van der Waals surface area contributed by atoms with Gasteiger partial charge in [-0.25, -0.2) is 0 Å². The molecule has 0 saturated carbocycles. The smallest absolute Gasteiger partial charge is 0.221 e. The number of para-hydroxylation sites is 1. The van der Waals surface area contributed by atoms with E-state index in [1.165, 1.54) is 6.92 Å². The Morgan fingerprint density at radius 2 is 1.86 bits per heavy atom. The van der Waals surface area contributed by atoms with Crippen LogP contribution in [0.4, 0.5) is 5.69 Å². The molecule has 0 aliphatic rings. The highest BCUT2D eigenvalue weighted by atomic mass is 35.5. The predicted molar refractivity (Wildman–Crippen MR) is 116 cm³/mol. The van der Waals surface area contributed by atoms with E-state index in [-0.39, 0.29) is 24.4 Å². The first-order valence-corrected chi connectivity index (χ1v) is 9.04. The summed E-state index contributed by atoms with van der Waals surface area (Å²) in [6.45, 7) is 1.47. The zero-order valence-corrected chi connectivity index (χ0v) is 16.6. The van der Waals surface area contributed by atoms with Gasteiger partial charge in [-0.15, -0.1) is 12.4 Å². The SMILES string of the molecule is CC(=O)Nc1cccnc1CC(N)c1ccccc1-c1noc2ccccc12.Cl. The average Bonchev–Trinajstić information content (AvgIpc) is 3.13. The van der Waals surface area contributed by atoms with Gasteiger partial charge in [0.15, 0.2) is 5.58 Å². The summed E-state index contributed by atoms with van der Waals surface area (Å²) < 4.78 is 5.47. The van der Waals surface area contributed by atoms with Crippen LogP contribution in [0.25, 0.3) is 22.2 Å². The van der Waals surface area contributed by atoms with Crippen molar-refractivity contribution >= 4 is 35.0 Å². The van der Waals surface area contributed by atoms with Gasteiger partial charge in [0, 0.05) is 36.5 Å². The summed E-state index contributed by atoms with van der Waals surface area (Å²) in [5.74, 6) is -0.141. The van der Waals surface area contributed by atoms with Gasteiger partial charge in [-0.05, 0) is 29.8 Å². The quantitative estimate of drug-likeness (QED) is 0.506. The fraction of sp³-hybridized carbons (Fsp3) is 0.136. The Kier molecular flexibility index (Phi) is 6.26. The van der Waals surface area contributed by atoms with Gasteiger partial charge in [-0.1, -0.05) is 41.6 Å². The summed E-state index contributed by atoms with van der Waals surface area (Å²) in [6, 6.07) is 18.9. The molecule has 0 aliphatic heterocycles. The summed E-state index contributed by atoms with van der Waals surface area (Å²) in [5, 5.41) is 8.03. The lowest BCUT2D eigenvalue weighted by Crippen LogP contribution is -2.17. The molecule has 148 valence electrons. The van der Waals surface area contributed by atoms with Crippen molar-refractivity contribution in [1.82, 2.24) is 10.1 Å². The fourth-order valence-electron chi connectivity index (χ4n) is 3.34. The Balaban J connectivity index is 0.00000240. The lowest BCUT2D eigenvalue weighted by molar-refractivity contribution is -0.114. The molecule has 0 bridgehead atoms. The first-order chi connectivity index (χ1) is 13.6. The summed E-state index contributed by atoms with van der Waals surface area (Å²) in [7, 11) is 0. The highest BCUT2D eigenvalue weighted by Crippen LogP contribution is 2.33. The number of carbonyl (C=O) groups excluding carboxylic acids is 1. The van der Waals surface area contributed by atoms with Crippen LogP contribution in [0.2, 0.25) is 0 Å². The molecule has 3 N–H and O–H groups in total. The van der Waals surface area contributed by atoms with Crippen molar-refractivity contribution in [1.29, 1.82) is 0 Å². The number of anilines is 1. The van der Waals surface area contributed by atoms with Crippen molar-refractivity contribution in [2.75, 3.05) is 5.32 Å². The number of halogens is 1. The molecule has 2 aromatic carbocycles. The van der Waals surface area contributed by atoms with Crippen LogP contribution in [0.15, 0.2) is 71.4 Å². The third-order valence-electron chi connectivity index (χ3n) is 4.61. The summed E-state index contributed by atoms with van der Waals surface area (Å²) in [4.78, 5) is 15.9. The number of pyridine rings is 1. The molecular formula is C22H21ClN4O2. The van der Waals surface area contributed by atoms with E-state index in [9.17, 15) is 4.79 Å². The average molecular weight is 409 g/mol. The van der Waals surface area contributed by atoms with E-state index in [0.717, 1.165) is 33.5 Å². The van der Waals surface area contributed by atoms with Crippen LogP contribution in [0.1, 0.15) is 24.2 Å². The Morgan fingerprint density at radius 3 is 2.69 bits per heavy atom. The molecule has 1 unspecified atom stereocenters. The molecule has 1 atom stereocenters. The van der Waals surface area contributed by atoms with E-state index in [1.807, 2.05) is 54.6 Å². The molecule has 4 rings (SSSR count). The van der Waals surface area contributed by atoms with E-state index in [2.05, 4.69) is 15.5 Å². The fourth-order valence-corrected chi connectivity index (χ4v) is 3.34. The van der Waals surface area contributed by atoms with Gasteiger partial charge in [-0.2, -0.15) is 0 Å². The molecule has 2 heterocycles. The van der Waals surface area contributed by atoms with E-state index in [4.69, 9.17) is 10.3 Å². The minimum Gasteiger partial charge on any atom is -0.356 e.